The summed E-state index contributed by atoms with van der Waals surface area (Å²) >= 11 is 1.83. The van der Waals surface area contributed by atoms with Gasteiger partial charge in [-0.05, 0) is 37.8 Å². The van der Waals surface area contributed by atoms with Crippen LogP contribution in [0.25, 0.3) is 0 Å². The highest BCUT2D eigenvalue weighted by Gasteiger charge is 2.35. The van der Waals surface area contributed by atoms with Crippen molar-refractivity contribution in [2.24, 2.45) is 0 Å². The fraction of sp³-hybridized carbons (Fsp3) is 0.500. The second kappa shape index (κ2) is 5.98. The van der Waals surface area contributed by atoms with Gasteiger partial charge in [-0.15, -0.1) is 11.8 Å². The summed E-state index contributed by atoms with van der Waals surface area (Å²) in [5, 5.41) is 12.3. The number of benzene rings is 1. The number of thioether (sulfide) groups is 1. The van der Waals surface area contributed by atoms with Crippen molar-refractivity contribution < 1.29 is 4.79 Å². The molecule has 1 fully saturated rings. The van der Waals surface area contributed by atoms with E-state index in [9.17, 15) is 10.1 Å². The normalized spacial score (nSPS) is 19.7. The van der Waals surface area contributed by atoms with Gasteiger partial charge in [-0.3, -0.25) is 4.79 Å². The largest absolute Gasteiger partial charge is 0.360 e. The smallest absolute Gasteiger partial charge is 0.240 e. The number of nitrogens with zero attached hydrogens (tertiary/aromatic N) is 2. The van der Waals surface area contributed by atoms with Crippen molar-refractivity contribution in [3.8, 4) is 6.07 Å². The standard InChI is InChI=1S/C16H19N3OS/c17-12-16(7-3-4-8-16)18-15(20)11-19-9-10-21-14-6-2-1-5-13(14)19/h1-2,5-6H,3-4,7-11H2,(H,18,20). The van der Waals surface area contributed by atoms with Crippen LogP contribution in [0.3, 0.4) is 0 Å². The maximum Gasteiger partial charge on any atom is 0.240 e. The molecule has 1 amide bonds. The summed E-state index contributed by atoms with van der Waals surface area (Å²) in [5.41, 5.74) is 0.502. The molecule has 21 heavy (non-hydrogen) atoms. The molecule has 0 atom stereocenters. The molecule has 1 N–H and O–H groups in total. The lowest BCUT2D eigenvalue weighted by atomic mass is 10.00. The summed E-state index contributed by atoms with van der Waals surface area (Å²) in [7, 11) is 0. The van der Waals surface area contributed by atoms with Crippen molar-refractivity contribution >= 4 is 23.4 Å². The SMILES string of the molecule is N#CC1(NC(=O)CN2CCSc3ccccc32)CCCC1. The van der Waals surface area contributed by atoms with E-state index in [0.29, 0.717) is 6.54 Å². The van der Waals surface area contributed by atoms with E-state index in [1.54, 1.807) is 0 Å². The van der Waals surface area contributed by atoms with Crippen LogP contribution in [0.1, 0.15) is 25.7 Å². The van der Waals surface area contributed by atoms with E-state index in [1.807, 2.05) is 23.9 Å². The first-order chi connectivity index (χ1) is 10.2. The fourth-order valence-electron chi connectivity index (χ4n) is 3.11. The monoisotopic (exact) mass is 301 g/mol. The molecule has 1 saturated carbocycles. The third-order valence-electron chi connectivity index (χ3n) is 4.21. The molecule has 1 aliphatic heterocycles. The Morgan fingerprint density at radius 2 is 2.14 bits per heavy atom. The lowest BCUT2D eigenvalue weighted by molar-refractivity contribution is -0.121. The van der Waals surface area contributed by atoms with Gasteiger partial charge in [0, 0.05) is 17.2 Å². The first kappa shape index (κ1) is 14.3. The molecule has 4 nitrogen and oxygen atoms in total. The number of rotatable bonds is 3. The highest BCUT2D eigenvalue weighted by Crippen LogP contribution is 2.34. The summed E-state index contributed by atoms with van der Waals surface area (Å²) in [5.74, 6) is 0.952. The van der Waals surface area contributed by atoms with Crippen LogP contribution in [0, 0.1) is 11.3 Å². The Bertz CT molecular complexity index is 575. The minimum absolute atomic E-state index is 0.0415. The van der Waals surface area contributed by atoms with E-state index in [2.05, 4.69) is 28.4 Å². The van der Waals surface area contributed by atoms with Crippen molar-refractivity contribution in [3.63, 3.8) is 0 Å². The summed E-state index contributed by atoms with van der Waals surface area (Å²) in [6, 6.07) is 10.5. The third-order valence-corrected chi connectivity index (χ3v) is 5.25. The third kappa shape index (κ3) is 3.01. The van der Waals surface area contributed by atoms with Crippen molar-refractivity contribution in [1.82, 2.24) is 5.32 Å². The summed E-state index contributed by atoms with van der Waals surface area (Å²) in [6.45, 7) is 1.20. The minimum atomic E-state index is -0.624. The average molecular weight is 301 g/mol. The number of hydrogen-bond donors (Lipinski definition) is 1. The molecule has 110 valence electrons. The van der Waals surface area contributed by atoms with Crippen molar-refractivity contribution in [2.45, 2.75) is 36.1 Å². The van der Waals surface area contributed by atoms with E-state index in [1.165, 1.54) is 4.90 Å². The first-order valence-corrected chi connectivity index (χ1v) is 8.40. The summed E-state index contributed by atoms with van der Waals surface area (Å²) in [4.78, 5) is 15.7. The van der Waals surface area contributed by atoms with Crippen LogP contribution < -0.4 is 10.2 Å². The molecule has 1 aromatic rings. The van der Waals surface area contributed by atoms with Crippen LogP contribution in [-0.4, -0.2) is 30.3 Å². The molecule has 0 unspecified atom stereocenters. The van der Waals surface area contributed by atoms with Crippen LogP contribution in [0.5, 0.6) is 0 Å². The van der Waals surface area contributed by atoms with Gasteiger partial charge in [-0.25, -0.2) is 0 Å². The molecule has 1 aromatic carbocycles. The molecular formula is C16H19N3OS. The van der Waals surface area contributed by atoms with Gasteiger partial charge in [-0.2, -0.15) is 5.26 Å². The maximum absolute atomic E-state index is 12.3. The van der Waals surface area contributed by atoms with Gasteiger partial charge >= 0.3 is 0 Å². The molecule has 3 rings (SSSR count). The lowest BCUT2D eigenvalue weighted by Crippen LogP contribution is -2.49. The van der Waals surface area contributed by atoms with E-state index < -0.39 is 5.54 Å². The van der Waals surface area contributed by atoms with Crippen LogP contribution in [0.15, 0.2) is 29.2 Å². The Labute approximate surface area is 129 Å². The Hall–Kier alpha value is -1.67. The number of hydrogen-bond acceptors (Lipinski definition) is 4. The maximum atomic E-state index is 12.3. The van der Waals surface area contributed by atoms with Crippen molar-refractivity contribution in [1.29, 1.82) is 5.26 Å². The second-order valence-electron chi connectivity index (χ2n) is 5.69. The van der Waals surface area contributed by atoms with E-state index >= 15 is 0 Å². The van der Waals surface area contributed by atoms with Gasteiger partial charge in [-0.1, -0.05) is 12.1 Å². The fourth-order valence-corrected chi connectivity index (χ4v) is 4.17. The predicted molar refractivity (Wildman–Crippen MR) is 84.3 cm³/mol. The highest BCUT2D eigenvalue weighted by atomic mass is 32.2. The molecule has 0 bridgehead atoms. The van der Waals surface area contributed by atoms with Gasteiger partial charge in [0.25, 0.3) is 0 Å². The van der Waals surface area contributed by atoms with Gasteiger partial charge in [0.2, 0.25) is 5.91 Å². The Balaban J connectivity index is 1.67. The van der Waals surface area contributed by atoms with Gasteiger partial charge < -0.3 is 10.2 Å². The zero-order valence-corrected chi connectivity index (χ0v) is 12.8. The highest BCUT2D eigenvalue weighted by molar-refractivity contribution is 7.99. The van der Waals surface area contributed by atoms with Crippen LogP contribution >= 0.6 is 11.8 Å². The number of nitrogens with one attached hydrogen (secondary N) is 1. The number of amides is 1. The number of para-hydroxylation sites is 1. The van der Waals surface area contributed by atoms with Crippen molar-refractivity contribution in [3.05, 3.63) is 24.3 Å². The molecule has 2 aliphatic rings. The Kier molecular flexibility index (Phi) is 4.07. The summed E-state index contributed by atoms with van der Waals surface area (Å²) < 4.78 is 0. The second-order valence-corrected chi connectivity index (χ2v) is 6.82. The predicted octanol–water partition coefficient (Wildman–Crippen LogP) is 2.55. The molecule has 0 spiro atoms. The van der Waals surface area contributed by atoms with Crippen molar-refractivity contribution in [2.75, 3.05) is 23.7 Å². The van der Waals surface area contributed by atoms with Crippen LogP contribution in [0.2, 0.25) is 0 Å². The lowest BCUT2D eigenvalue weighted by Gasteiger charge is -2.31. The van der Waals surface area contributed by atoms with Crippen LogP contribution in [0.4, 0.5) is 5.69 Å². The van der Waals surface area contributed by atoms with Gasteiger partial charge in [0.05, 0.1) is 18.3 Å². The Morgan fingerprint density at radius 1 is 1.38 bits per heavy atom. The van der Waals surface area contributed by atoms with Gasteiger partial charge in [0.1, 0.15) is 5.54 Å². The molecule has 5 heteroatoms. The number of anilines is 1. The topological polar surface area (TPSA) is 56.1 Å². The number of carbonyl (C=O) groups is 1. The minimum Gasteiger partial charge on any atom is -0.360 e. The molecule has 1 heterocycles. The molecule has 0 aromatic heterocycles. The molecular weight excluding hydrogens is 282 g/mol. The quantitative estimate of drug-likeness (QED) is 0.932. The van der Waals surface area contributed by atoms with E-state index in [4.69, 9.17) is 0 Å². The first-order valence-electron chi connectivity index (χ1n) is 7.41. The number of carbonyl (C=O) groups excluding carboxylic acids is 1. The average Bonchev–Trinajstić information content (AvgIpc) is 2.96. The van der Waals surface area contributed by atoms with E-state index in [0.717, 1.165) is 43.7 Å². The molecule has 1 aliphatic carbocycles. The molecule has 0 radical (unpaired) electrons. The van der Waals surface area contributed by atoms with Crippen LogP contribution in [-0.2, 0) is 4.79 Å². The number of nitriles is 1. The molecule has 0 saturated heterocycles. The number of fused-ring (bicyclic) bond motifs is 1. The van der Waals surface area contributed by atoms with E-state index in [-0.39, 0.29) is 5.91 Å². The Morgan fingerprint density at radius 3 is 2.90 bits per heavy atom. The zero-order valence-electron chi connectivity index (χ0n) is 12.0. The summed E-state index contributed by atoms with van der Waals surface area (Å²) in [6.07, 6.45) is 3.61. The van der Waals surface area contributed by atoms with Gasteiger partial charge in [0.15, 0.2) is 0 Å². The zero-order chi connectivity index (χ0) is 14.7.